The number of hydrogen-bond donors (Lipinski definition) is 2. The van der Waals surface area contributed by atoms with E-state index in [1.54, 1.807) is 24.3 Å². The molecule has 2 unspecified atom stereocenters. The predicted octanol–water partition coefficient (Wildman–Crippen LogP) is 1.78. The molecule has 0 aliphatic rings. The lowest BCUT2D eigenvalue weighted by Crippen LogP contribution is -2.38. The highest BCUT2D eigenvalue weighted by molar-refractivity contribution is 5.97. The number of nitrogens with one attached hydrogen (secondary N) is 1. The SMILES string of the molecule is CC(CO)C(C)NC(=O)CCC(=O)c1ccccc1. The Morgan fingerprint density at radius 2 is 1.79 bits per heavy atom. The van der Waals surface area contributed by atoms with Crippen LogP contribution < -0.4 is 5.32 Å². The van der Waals surface area contributed by atoms with Gasteiger partial charge in [0.05, 0.1) is 0 Å². The summed E-state index contributed by atoms with van der Waals surface area (Å²) >= 11 is 0. The smallest absolute Gasteiger partial charge is 0.220 e. The van der Waals surface area contributed by atoms with Crippen molar-refractivity contribution in [2.45, 2.75) is 32.7 Å². The van der Waals surface area contributed by atoms with E-state index in [0.717, 1.165) is 0 Å². The molecule has 1 rings (SSSR count). The zero-order valence-electron chi connectivity index (χ0n) is 11.4. The molecule has 4 nitrogen and oxygen atoms in total. The summed E-state index contributed by atoms with van der Waals surface area (Å²) in [7, 11) is 0. The summed E-state index contributed by atoms with van der Waals surface area (Å²) in [5.41, 5.74) is 0.632. The number of benzene rings is 1. The van der Waals surface area contributed by atoms with Gasteiger partial charge >= 0.3 is 0 Å². The van der Waals surface area contributed by atoms with Gasteiger partial charge in [-0.2, -0.15) is 0 Å². The molecule has 2 atom stereocenters. The third-order valence-electron chi connectivity index (χ3n) is 3.21. The summed E-state index contributed by atoms with van der Waals surface area (Å²) in [4.78, 5) is 23.5. The molecule has 1 amide bonds. The van der Waals surface area contributed by atoms with E-state index in [1.165, 1.54) is 0 Å². The van der Waals surface area contributed by atoms with Crippen molar-refractivity contribution in [3.05, 3.63) is 35.9 Å². The molecule has 0 heterocycles. The van der Waals surface area contributed by atoms with E-state index in [1.807, 2.05) is 19.9 Å². The van der Waals surface area contributed by atoms with E-state index < -0.39 is 0 Å². The van der Waals surface area contributed by atoms with Crippen LogP contribution in [-0.4, -0.2) is 29.4 Å². The maximum absolute atomic E-state index is 11.8. The van der Waals surface area contributed by atoms with Crippen LogP contribution in [0.5, 0.6) is 0 Å². The van der Waals surface area contributed by atoms with Crippen molar-refractivity contribution >= 4 is 11.7 Å². The average Bonchev–Trinajstić information content (AvgIpc) is 2.44. The average molecular weight is 263 g/mol. The Kier molecular flexibility index (Phi) is 6.22. The fraction of sp³-hybridized carbons (Fsp3) is 0.467. The first kappa shape index (κ1) is 15.4. The fourth-order valence-electron chi connectivity index (χ4n) is 1.62. The van der Waals surface area contributed by atoms with Gasteiger partial charge in [0.2, 0.25) is 5.91 Å². The number of amides is 1. The summed E-state index contributed by atoms with van der Waals surface area (Å²) in [5, 5.41) is 11.8. The molecule has 1 aromatic rings. The molecular weight excluding hydrogens is 242 g/mol. The Balaban J connectivity index is 2.37. The van der Waals surface area contributed by atoms with Gasteiger partial charge in [-0.05, 0) is 12.8 Å². The monoisotopic (exact) mass is 263 g/mol. The van der Waals surface area contributed by atoms with Gasteiger partial charge in [0.15, 0.2) is 5.78 Å². The van der Waals surface area contributed by atoms with Crippen molar-refractivity contribution in [1.29, 1.82) is 0 Å². The van der Waals surface area contributed by atoms with Gasteiger partial charge in [-0.15, -0.1) is 0 Å². The highest BCUT2D eigenvalue weighted by Crippen LogP contribution is 2.06. The lowest BCUT2D eigenvalue weighted by atomic mass is 10.0. The first-order valence-corrected chi connectivity index (χ1v) is 6.53. The largest absolute Gasteiger partial charge is 0.396 e. The number of rotatable bonds is 7. The Bertz CT molecular complexity index is 417. The van der Waals surface area contributed by atoms with Gasteiger partial charge in [0.25, 0.3) is 0 Å². The number of ketones is 1. The van der Waals surface area contributed by atoms with E-state index in [4.69, 9.17) is 5.11 Å². The third kappa shape index (κ3) is 5.22. The normalized spacial score (nSPS) is 13.6. The highest BCUT2D eigenvalue weighted by Gasteiger charge is 2.15. The van der Waals surface area contributed by atoms with Crippen LogP contribution in [-0.2, 0) is 4.79 Å². The Hall–Kier alpha value is -1.68. The van der Waals surface area contributed by atoms with Crippen LogP contribution in [0.3, 0.4) is 0 Å². The van der Waals surface area contributed by atoms with Gasteiger partial charge in [0.1, 0.15) is 0 Å². The van der Waals surface area contributed by atoms with E-state index >= 15 is 0 Å². The molecule has 0 saturated heterocycles. The summed E-state index contributed by atoms with van der Waals surface area (Å²) in [6.07, 6.45) is 0.381. The summed E-state index contributed by atoms with van der Waals surface area (Å²) in [6.45, 7) is 3.74. The third-order valence-corrected chi connectivity index (χ3v) is 3.21. The molecule has 4 heteroatoms. The van der Waals surface area contributed by atoms with E-state index in [9.17, 15) is 9.59 Å². The molecule has 0 saturated carbocycles. The second-order valence-electron chi connectivity index (χ2n) is 4.81. The fourth-order valence-corrected chi connectivity index (χ4v) is 1.62. The van der Waals surface area contributed by atoms with Gasteiger partial charge in [-0.1, -0.05) is 37.3 Å². The van der Waals surface area contributed by atoms with Crippen molar-refractivity contribution in [2.24, 2.45) is 5.92 Å². The number of Topliss-reactive ketones (excluding diaryl/α,β-unsaturated/α-hetero) is 1. The molecule has 0 spiro atoms. The molecule has 104 valence electrons. The van der Waals surface area contributed by atoms with Gasteiger partial charge < -0.3 is 10.4 Å². The van der Waals surface area contributed by atoms with Gasteiger partial charge in [-0.3, -0.25) is 9.59 Å². The lowest BCUT2D eigenvalue weighted by molar-refractivity contribution is -0.122. The molecule has 0 bridgehead atoms. The minimum absolute atomic E-state index is 0.00812. The Morgan fingerprint density at radius 1 is 1.16 bits per heavy atom. The summed E-state index contributed by atoms with van der Waals surface area (Å²) in [5.74, 6) is -0.176. The number of carbonyl (C=O) groups excluding carboxylic acids is 2. The zero-order chi connectivity index (χ0) is 14.3. The van der Waals surface area contributed by atoms with Crippen molar-refractivity contribution < 1.29 is 14.7 Å². The Labute approximate surface area is 113 Å². The van der Waals surface area contributed by atoms with Crippen LogP contribution in [0.4, 0.5) is 0 Å². The van der Waals surface area contributed by atoms with Crippen molar-refractivity contribution in [2.75, 3.05) is 6.61 Å². The quantitative estimate of drug-likeness (QED) is 0.737. The van der Waals surface area contributed by atoms with Crippen molar-refractivity contribution in [3.8, 4) is 0 Å². The summed E-state index contributed by atoms with van der Waals surface area (Å²) < 4.78 is 0. The van der Waals surface area contributed by atoms with Crippen LogP contribution in [0.2, 0.25) is 0 Å². The summed E-state index contributed by atoms with van der Waals surface area (Å²) in [6, 6.07) is 8.86. The maximum atomic E-state index is 11.8. The number of hydrogen-bond acceptors (Lipinski definition) is 3. The first-order valence-electron chi connectivity index (χ1n) is 6.53. The minimum Gasteiger partial charge on any atom is -0.396 e. The van der Waals surface area contributed by atoms with Crippen LogP contribution in [0.1, 0.15) is 37.0 Å². The molecule has 2 N–H and O–H groups in total. The molecule has 19 heavy (non-hydrogen) atoms. The zero-order valence-corrected chi connectivity index (χ0v) is 11.4. The first-order chi connectivity index (χ1) is 9.04. The standard InChI is InChI=1S/C15H21NO3/c1-11(10-17)12(2)16-15(19)9-8-14(18)13-6-4-3-5-7-13/h3-7,11-12,17H,8-10H2,1-2H3,(H,16,19). The molecule has 1 aromatic carbocycles. The molecule has 0 aromatic heterocycles. The van der Waals surface area contributed by atoms with Gasteiger partial charge in [-0.25, -0.2) is 0 Å². The van der Waals surface area contributed by atoms with Crippen molar-refractivity contribution in [3.63, 3.8) is 0 Å². The molecule has 0 aliphatic heterocycles. The molecule has 0 radical (unpaired) electrons. The lowest BCUT2D eigenvalue weighted by Gasteiger charge is -2.19. The molecule has 0 aliphatic carbocycles. The van der Waals surface area contributed by atoms with Crippen LogP contribution >= 0.6 is 0 Å². The van der Waals surface area contributed by atoms with E-state index in [2.05, 4.69) is 5.32 Å². The second-order valence-corrected chi connectivity index (χ2v) is 4.81. The predicted molar refractivity (Wildman–Crippen MR) is 73.9 cm³/mol. The second kappa shape index (κ2) is 7.69. The molecular formula is C15H21NO3. The number of aliphatic hydroxyl groups is 1. The van der Waals surface area contributed by atoms with Crippen LogP contribution in [0.15, 0.2) is 30.3 Å². The van der Waals surface area contributed by atoms with E-state index in [0.29, 0.717) is 5.56 Å². The van der Waals surface area contributed by atoms with Crippen LogP contribution in [0, 0.1) is 5.92 Å². The topological polar surface area (TPSA) is 66.4 Å². The molecule has 0 fully saturated rings. The van der Waals surface area contributed by atoms with Gasteiger partial charge in [0, 0.05) is 31.1 Å². The number of carbonyl (C=O) groups is 2. The maximum Gasteiger partial charge on any atom is 0.220 e. The van der Waals surface area contributed by atoms with Crippen LogP contribution in [0.25, 0.3) is 0 Å². The highest BCUT2D eigenvalue weighted by atomic mass is 16.3. The number of aliphatic hydroxyl groups excluding tert-OH is 1. The Morgan fingerprint density at radius 3 is 2.37 bits per heavy atom. The van der Waals surface area contributed by atoms with Crippen molar-refractivity contribution in [1.82, 2.24) is 5.32 Å². The minimum atomic E-state index is -0.155. The van der Waals surface area contributed by atoms with E-state index in [-0.39, 0.29) is 43.1 Å².